The van der Waals surface area contributed by atoms with Crippen molar-refractivity contribution in [3.63, 3.8) is 0 Å². The number of carbonyl (C=O) groups excluding carboxylic acids is 1. The van der Waals surface area contributed by atoms with Crippen molar-refractivity contribution in [2.75, 3.05) is 46.6 Å². The van der Waals surface area contributed by atoms with E-state index in [1.54, 1.807) is 0 Å². The molecule has 154 valence electrons. The van der Waals surface area contributed by atoms with E-state index in [1.165, 1.54) is 11.1 Å². The summed E-state index contributed by atoms with van der Waals surface area (Å²) in [5.74, 6) is 1.91. The van der Waals surface area contributed by atoms with E-state index in [2.05, 4.69) is 53.2 Å². The van der Waals surface area contributed by atoms with Gasteiger partial charge in [-0.05, 0) is 30.3 Å². The van der Waals surface area contributed by atoms with Crippen molar-refractivity contribution in [3.05, 3.63) is 59.7 Å². The van der Waals surface area contributed by atoms with Crippen molar-refractivity contribution in [2.45, 2.75) is 19.5 Å². The fourth-order valence-corrected chi connectivity index (χ4v) is 3.87. The SMILES string of the molecule is CN(CCC(=O)N1CCN(Cc2ccc3c(c2)OCO3)CC1)Cc1ccccc1. The molecule has 0 saturated carbocycles. The Morgan fingerprint density at radius 2 is 1.72 bits per heavy atom. The molecule has 29 heavy (non-hydrogen) atoms. The van der Waals surface area contributed by atoms with Crippen LogP contribution in [0.5, 0.6) is 11.5 Å². The van der Waals surface area contributed by atoms with Gasteiger partial charge in [0.1, 0.15) is 0 Å². The van der Waals surface area contributed by atoms with Gasteiger partial charge in [-0.2, -0.15) is 0 Å². The fraction of sp³-hybridized carbons (Fsp3) is 0.435. The number of fused-ring (bicyclic) bond motifs is 1. The van der Waals surface area contributed by atoms with Gasteiger partial charge >= 0.3 is 0 Å². The molecule has 4 rings (SSSR count). The molecule has 1 amide bonds. The molecule has 6 heteroatoms. The lowest BCUT2D eigenvalue weighted by Gasteiger charge is -2.35. The van der Waals surface area contributed by atoms with Crippen LogP contribution in [0, 0.1) is 0 Å². The summed E-state index contributed by atoms with van der Waals surface area (Å²) in [5, 5.41) is 0. The molecule has 0 atom stereocenters. The molecule has 1 saturated heterocycles. The number of benzene rings is 2. The Balaban J connectivity index is 1.18. The van der Waals surface area contributed by atoms with Crippen molar-refractivity contribution in [2.24, 2.45) is 0 Å². The van der Waals surface area contributed by atoms with E-state index in [0.717, 1.165) is 57.3 Å². The predicted molar refractivity (Wildman–Crippen MR) is 112 cm³/mol. The average Bonchev–Trinajstić information content (AvgIpc) is 3.21. The fourth-order valence-electron chi connectivity index (χ4n) is 3.87. The number of piperazine rings is 1. The first kappa shape index (κ1) is 19.7. The van der Waals surface area contributed by atoms with Crippen LogP contribution in [0.3, 0.4) is 0 Å². The minimum absolute atomic E-state index is 0.257. The van der Waals surface area contributed by atoms with E-state index >= 15 is 0 Å². The molecule has 2 aliphatic heterocycles. The molecular weight excluding hydrogens is 366 g/mol. The molecule has 2 aromatic rings. The lowest BCUT2D eigenvalue weighted by molar-refractivity contribution is -0.133. The maximum atomic E-state index is 12.6. The van der Waals surface area contributed by atoms with Gasteiger partial charge in [-0.3, -0.25) is 9.69 Å². The molecule has 1 fully saturated rings. The summed E-state index contributed by atoms with van der Waals surface area (Å²) in [6.07, 6.45) is 0.575. The molecule has 0 spiro atoms. The highest BCUT2D eigenvalue weighted by Crippen LogP contribution is 2.32. The van der Waals surface area contributed by atoms with Gasteiger partial charge in [0.05, 0.1) is 0 Å². The van der Waals surface area contributed by atoms with Gasteiger partial charge in [-0.15, -0.1) is 0 Å². The lowest BCUT2D eigenvalue weighted by atomic mass is 10.1. The Morgan fingerprint density at radius 1 is 0.966 bits per heavy atom. The van der Waals surface area contributed by atoms with Crippen LogP contribution in [-0.4, -0.2) is 67.2 Å². The third-order valence-corrected chi connectivity index (χ3v) is 5.57. The van der Waals surface area contributed by atoms with Crippen molar-refractivity contribution in [1.29, 1.82) is 0 Å². The van der Waals surface area contributed by atoms with Crippen LogP contribution >= 0.6 is 0 Å². The van der Waals surface area contributed by atoms with Gasteiger partial charge in [0.25, 0.3) is 0 Å². The average molecular weight is 396 g/mol. The van der Waals surface area contributed by atoms with E-state index < -0.39 is 0 Å². The highest BCUT2D eigenvalue weighted by molar-refractivity contribution is 5.76. The van der Waals surface area contributed by atoms with Gasteiger partial charge < -0.3 is 19.3 Å². The molecule has 0 aliphatic carbocycles. The van der Waals surface area contributed by atoms with E-state index in [-0.39, 0.29) is 5.91 Å². The van der Waals surface area contributed by atoms with Crippen molar-refractivity contribution >= 4 is 5.91 Å². The number of hydrogen-bond donors (Lipinski definition) is 0. The van der Waals surface area contributed by atoms with Crippen molar-refractivity contribution in [1.82, 2.24) is 14.7 Å². The summed E-state index contributed by atoms with van der Waals surface area (Å²) in [7, 11) is 2.07. The van der Waals surface area contributed by atoms with Crippen molar-refractivity contribution < 1.29 is 14.3 Å². The largest absolute Gasteiger partial charge is 0.454 e. The molecule has 0 N–H and O–H groups in total. The Morgan fingerprint density at radius 3 is 2.52 bits per heavy atom. The van der Waals surface area contributed by atoms with Crippen LogP contribution in [0.1, 0.15) is 17.5 Å². The Labute approximate surface area is 172 Å². The highest BCUT2D eigenvalue weighted by atomic mass is 16.7. The summed E-state index contributed by atoms with van der Waals surface area (Å²) in [5.41, 5.74) is 2.50. The van der Waals surface area contributed by atoms with Crippen LogP contribution in [0.4, 0.5) is 0 Å². The highest BCUT2D eigenvalue weighted by Gasteiger charge is 2.22. The predicted octanol–water partition coefficient (Wildman–Crippen LogP) is 2.58. The minimum atomic E-state index is 0.257. The second-order valence-corrected chi connectivity index (χ2v) is 7.82. The third kappa shape index (κ3) is 5.28. The van der Waals surface area contributed by atoms with Gasteiger partial charge in [-0.1, -0.05) is 36.4 Å². The molecule has 2 heterocycles. The second-order valence-electron chi connectivity index (χ2n) is 7.82. The molecular formula is C23H29N3O3. The van der Waals surface area contributed by atoms with E-state index in [4.69, 9.17) is 9.47 Å². The van der Waals surface area contributed by atoms with Gasteiger partial charge in [-0.25, -0.2) is 0 Å². The summed E-state index contributed by atoms with van der Waals surface area (Å²) in [6, 6.07) is 16.5. The monoisotopic (exact) mass is 395 g/mol. The Bertz CT molecular complexity index is 819. The van der Waals surface area contributed by atoms with E-state index in [1.807, 2.05) is 17.0 Å². The van der Waals surface area contributed by atoms with Gasteiger partial charge in [0, 0.05) is 52.2 Å². The summed E-state index contributed by atoms with van der Waals surface area (Å²) < 4.78 is 10.8. The quantitative estimate of drug-likeness (QED) is 0.721. The number of nitrogens with zero attached hydrogens (tertiary/aromatic N) is 3. The zero-order valence-corrected chi connectivity index (χ0v) is 17.0. The number of ether oxygens (including phenoxy) is 2. The van der Waals surface area contributed by atoms with E-state index in [0.29, 0.717) is 13.2 Å². The first-order valence-electron chi connectivity index (χ1n) is 10.3. The number of hydrogen-bond acceptors (Lipinski definition) is 5. The molecule has 0 bridgehead atoms. The zero-order chi connectivity index (χ0) is 20.1. The maximum Gasteiger partial charge on any atom is 0.231 e. The lowest BCUT2D eigenvalue weighted by Crippen LogP contribution is -2.48. The van der Waals surface area contributed by atoms with Crippen LogP contribution in [0.2, 0.25) is 0 Å². The number of rotatable bonds is 7. The summed E-state index contributed by atoms with van der Waals surface area (Å²) >= 11 is 0. The Hall–Kier alpha value is -2.57. The number of carbonyl (C=O) groups is 1. The molecule has 2 aliphatic rings. The summed E-state index contributed by atoms with van der Waals surface area (Å²) in [4.78, 5) is 19.2. The third-order valence-electron chi connectivity index (χ3n) is 5.57. The van der Waals surface area contributed by atoms with E-state index in [9.17, 15) is 4.79 Å². The van der Waals surface area contributed by atoms with Crippen molar-refractivity contribution in [3.8, 4) is 11.5 Å². The number of amides is 1. The smallest absolute Gasteiger partial charge is 0.231 e. The van der Waals surface area contributed by atoms with Crippen LogP contribution in [0.25, 0.3) is 0 Å². The second kappa shape index (κ2) is 9.29. The van der Waals surface area contributed by atoms with Gasteiger partial charge in [0.2, 0.25) is 12.7 Å². The molecule has 6 nitrogen and oxygen atoms in total. The topological polar surface area (TPSA) is 45.3 Å². The first-order chi connectivity index (χ1) is 14.2. The van der Waals surface area contributed by atoms with Crippen LogP contribution < -0.4 is 9.47 Å². The molecule has 0 unspecified atom stereocenters. The molecule has 2 aromatic carbocycles. The maximum absolute atomic E-state index is 12.6. The standard InChI is InChI=1S/C23H29N3O3/c1-24(16-19-5-3-2-4-6-19)10-9-23(27)26-13-11-25(12-14-26)17-20-7-8-21-22(15-20)29-18-28-21/h2-8,15H,9-14,16-18H2,1H3. The minimum Gasteiger partial charge on any atom is -0.454 e. The zero-order valence-electron chi connectivity index (χ0n) is 17.0. The van der Waals surface area contributed by atoms with Gasteiger partial charge in [0.15, 0.2) is 11.5 Å². The molecule has 0 aromatic heterocycles. The molecule has 0 radical (unpaired) electrons. The summed E-state index contributed by atoms with van der Waals surface area (Å²) in [6.45, 7) is 6.23. The first-order valence-corrected chi connectivity index (χ1v) is 10.3. The van der Waals surface area contributed by atoms with Crippen LogP contribution in [0.15, 0.2) is 48.5 Å². The normalized spacial score (nSPS) is 16.4. The Kier molecular flexibility index (Phi) is 6.32. The van der Waals surface area contributed by atoms with Crippen LogP contribution in [-0.2, 0) is 17.9 Å².